The number of halogens is 1. The van der Waals surface area contributed by atoms with E-state index in [1.54, 1.807) is 24.1 Å². The molecule has 134 valence electrons. The number of hydrogen-bond donors (Lipinski definition) is 1. The van der Waals surface area contributed by atoms with Crippen molar-refractivity contribution < 1.29 is 9.18 Å². The summed E-state index contributed by atoms with van der Waals surface area (Å²) < 4.78 is 13.9. The number of thiazole rings is 1. The van der Waals surface area contributed by atoms with Gasteiger partial charge < -0.3 is 9.80 Å². The van der Waals surface area contributed by atoms with Gasteiger partial charge in [-0.3, -0.25) is 14.6 Å². The van der Waals surface area contributed by atoms with Crippen LogP contribution in [0.25, 0.3) is 0 Å². The van der Waals surface area contributed by atoms with Crippen molar-refractivity contribution >= 4 is 23.2 Å². The molecule has 2 aromatic rings. The van der Waals surface area contributed by atoms with Crippen molar-refractivity contribution in [3.8, 4) is 0 Å². The summed E-state index contributed by atoms with van der Waals surface area (Å²) in [7, 11) is 0. The van der Waals surface area contributed by atoms with E-state index in [1.165, 1.54) is 11.3 Å². The summed E-state index contributed by atoms with van der Waals surface area (Å²) in [6, 6.07) is 0. The van der Waals surface area contributed by atoms with Crippen molar-refractivity contribution in [2.24, 2.45) is 0 Å². The highest BCUT2D eigenvalue weighted by Crippen LogP contribution is 2.18. The number of hydrogen-bond acceptors (Lipinski definition) is 6. The van der Waals surface area contributed by atoms with Gasteiger partial charge in [0.1, 0.15) is 5.69 Å². The van der Waals surface area contributed by atoms with Gasteiger partial charge in [0, 0.05) is 31.6 Å². The number of H-pyrrole nitrogens is 1. The molecule has 1 fully saturated rings. The number of carbonyl (C=O) groups excluding carboxylic acids is 1. The molecule has 1 saturated heterocycles. The second-order valence-electron chi connectivity index (χ2n) is 6.27. The van der Waals surface area contributed by atoms with E-state index in [0.717, 1.165) is 5.01 Å². The molecule has 25 heavy (non-hydrogen) atoms. The van der Waals surface area contributed by atoms with Crippen LogP contribution in [0.4, 0.5) is 10.3 Å². The highest BCUT2D eigenvalue weighted by molar-refractivity contribution is 7.09. The van der Waals surface area contributed by atoms with Crippen LogP contribution in [-0.4, -0.2) is 51.9 Å². The molecule has 2 aromatic heterocycles. The molecule has 9 heteroatoms. The molecule has 0 bridgehead atoms. The maximum Gasteiger partial charge on any atom is 0.288 e. The van der Waals surface area contributed by atoms with Gasteiger partial charge in [-0.25, -0.2) is 9.97 Å². The Morgan fingerprint density at radius 3 is 2.52 bits per heavy atom. The molecule has 3 rings (SSSR count). The zero-order chi connectivity index (χ0) is 18.1. The third-order valence-corrected chi connectivity index (χ3v) is 4.90. The second-order valence-corrected chi connectivity index (χ2v) is 7.34. The van der Waals surface area contributed by atoms with Crippen LogP contribution in [0.3, 0.4) is 0 Å². The summed E-state index contributed by atoms with van der Waals surface area (Å²) in [5.74, 6) is -0.748. The quantitative estimate of drug-likeness (QED) is 0.896. The van der Waals surface area contributed by atoms with Gasteiger partial charge in [-0.05, 0) is 12.8 Å². The number of aryl methyl sites for hydroxylation is 1. The molecular formula is C16H20FN5O2S. The van der Waals surface area contributed by atoms with E-state index in [9.17, 15) is 14.0 Å². The lowest BCUT2D eigenvalue weighted by molar-refractivity contribution is 0.0741. The summed E-state index contributed by atoms with van der Waals surface area (Å²) in [6.45, 7) is 7.47. The topological polar surface area (TPSA) is 82.2 Å². The van der Waals surface area contributed by atoms with E-state index < -0.39 is 11.4 Å². The van der Waals surface area contributed by atoms with Crippen LogP contribution in [0.2, 0.25) is 0 Å². The number of amides is 1. The Bertz CT molecular complexity index is 839. The van der Waals surface area contributed by atoms with Crippen LogP contribution in [-0.2, 0) is 0 Å². The number of anilines is 1. The number of rotatable bonds is 3. The number of piperazine rings is 1. The van der Waals surface area contributed by atoms with Crippen molar-refractivity contribution in [2.45, 2.75) is 26.7 Å². The van der Waals surface area contributed by atoms with Gasteiger partial charge in [0.25, 0.3) is 11.5 Å². The number of aromatic nitrogens is 3. The Balaban J connectivity index is 1.72. The van der Waals surface area contributed by atoms with Crippen LogP contribution in [0.15, 0.2) is 10.2 Å². The minimum absolute atomic E-state index is 0.0903. The zero-order valence-electron chi connectivity index (χ0n) is 14.4. The Hall–Kier alpha value is -2.29. The monoisotopic (exact) mass is 365 g/mol. The predicted octanol–water partition coefficient (Wildman–Crippen LogP) is 1.76. The van der Waals surface area contributed by atoms with Gasteiger partial charge in [-0.15, -0.1) is 11.3 Å². The normalized spacial score (nSPS) is 15.1. The maximum absolute atomic E-state index is 13.9. The molecule has 3 heterocycles. The lowest BCUT2D eigenvalue weighted by Gasteiger charge is -2.34. The zero-order valence-corrected chi connectivity index (χ0v) is 15.2. The van der Waals surface area contributed by atoms with Crippen molar-refractivity contribution in [3.63, 3.8) is 0 Å². The Labute approximate surface area is 148 Å². The van der Waals surface area contributed by atoms with Crippen LogP contribution in [0.5, 0.6) is 0 Å². The summed E-state index contributed by atoms with van der Waals surface area (Å²) in [5.41, 5.74) is -0.133. The number of carbonyl (C=O) groups is 1. The molecule has 1 N–H and O–H groups in total. The molecule has 0 spiro atoms. The smallest absolute Gasteiger partial charge is 0.288 e. The van der Waals surface area contributed by atoms with E-state index in [0.29, 0.717) is 37.8 Å². The van der Waals surface area contributed by atoms with Gasteiger partial charge in [0.2, 0.25) is 11.8 Å². The largest absolute Gasteiger partial charge is 0.339 e. The molecule has 0 atom stereocenters. The molecule has 1 amide bonds. The first-order chi connectivity index (χ1) is 11.9. The van der Waals surface area contributed by atoms with E-state index in [2.05, 4.69) is 15.0 Å². The lowest BCUT2D eigenvalue weighted by atomic mass is 10.1. The van der Waals surface area contributed by atoms with E-state index in [-0.39, 0.29) is 17.5 Å². The molecule has 1 aliphatic rings. The highest BCUT2D eigenvalue weighted by atomic mass is 32.1. The van der Waals surface area contributed by atoms with Crippen molar-refractivity contribution in [1.29, 1.82) is 0 Å². The van der Waals surface area contributed by atoms with E-state index in [4.69, 9.17) is 0 Å². The van der Waals surface area contributed by atoms with Crippen molar-refractivity contribution in [1.82, 2.24) is 19.9 Å². The third-order valence-electron chi connectivity index (χ3n) is 4.13. The SMILES string of the molecule is Cc1nc(C(=O)N2CCN(c3nc(C(C)C)c(F)c(=O)[nH]3)CC2)cs1. The first-order valence-corrected chi connectivity index (χ1v) is 9.01. The van der Waals surface area contributed by atoms with Crippen molar-refractivity contribution in [2.75, 3.05) is 31.1 Å². The first kappa shape index (κ1) is 17.5. The fourth-order valence-electron chi connectivity index (χ4n) is 2.74. The number of nitrogens with zero attached hydrogens (tertiary/aromatic N) is 4. The minimum Gasteiger partial charge on any atom is -0.339 e. The van der Waals surface area contributed by atoms with Crippen LogP contribution in [0.1, 0.15) is 41.0 Å². The third kappa shape index (κ3) is 3.55. The average molecular weight is 365 g/mol. The van der Waals surface area contributed by atoms with Gasteiger partial charge in [-0.1, -0.05) is 13.8 Å². The van der Waals surface area contributed by atoms with E-state index >= 15 is 0 Å². The molecule has 0 aromatic carbocycles. The summed E-state index contributed by atoms with van der Waals surface area (Å²) in [4.78, 5) is 38.8. The number of nitrogens with one attached hydrogen (secondary N) is 1. The molecular weight excluding hydrogens is 345 g/mol. The maximum atomic E-state index is 13.9. The minimum atomic E-state index is -0.827. The summed E-state index contributed by atoms with van der Waals surface area (Å²) >= 11 is 1.45. The summed E-state index contributed by atoms with van der Waals surface area (Å²) in [5, 5.41) is 2.62. The molecule has 0 aliphatic carbocycles. The van der Waals surface area contributed by atoms with Gasteiger partial charge in [0.05, 0.1) is 10.7 Å². The Kier molecular flexibility index (Phi) is 4.85. The van der Waals surface area contributed by atoms with Gasteiger partial charge in [0.15, 0.2) is 0 Å². The van der Waals surface area contributed by atoms with Crippen LogP contribution in [0, 0.1) is 12.7 Å². The van der Waals surface area contributed by atoms with Crippen LogP contribution < -0.4 is 10.5 Å². The molecule has 0 radical (unpaired) electrons. The second kappa shape index (κ2) is 6.91. The molecule has 0 saturated carbocycles. The standard InChI is InChI=1S/C16H20FN5O2S/c1-9(2)13-12(17)14(23)20-16(19-13)22-6-4-21(5-7-22)15(24)11-8-25-10(3)18-11/h8-9H,4-7H2,1-3H3,(H,19,20,23). The van der Waals surface area contributed by atoms with E-state index in [1.807, 2.05) is 11.8 Å². The van der Waals surface area contributed by atoms with Gasteiger partial charge in [-0.2, -0.15) is 4.39 Å². The average Bonchev–Trinajstić information content (AvgIpc) is 3.03. The first-order valence-electron chi connectivity index (χ1n) is 8.13. The van der Waals surface area contributed by atoms with Crippen molar-refractivity contribution in [3.05, 3.63) is 37.9 Å². The fourth-order valence-corrected chi connectivity index (χ4v) is 3.33. The van der Waals surface area contributed by atoms with Gasteiger partial charge >= 0.3 is 0 Å². The predicted molar refractivity (Wildman–Crippen MR) is 93.9 cm³/mol. The molecule has 1 aliphatic heterocycles. The lowest BCUT2D eigenvalue weighted by Crippen LogP contribution is -2.49. The Morgan fingerprint density at radius 2 is 1.96 bits per heavy atom. The highest BCUT2D eigenvalue weighted by Gasteiger charge is 2.25. The molecule has 0 unspecified atom stereocenters. The van der Waals surface area contributed by atoms with Crippen LogP contribution >= 0.6 is 11.3 Å². The Morgan fingerprint density at radius 1 is 1.28 bits per heavy atom. The molecule has 7 nitrogen and oxygen atoms in total. The number of aromatic amines is 1. The fraction of sp³-hybridized carbons (Fsp3) is 0.500. The summed E-state index contributed by atoms with van der Waals surface area (Å²) in [6.07, 6.45) is 0.